The van der Waals surface area contributed by atoms with E-state index in [1.807, 2.05) is 67.2 Å². The number of thiazole rings is 1. The molecule has 120 valence electrons. The molecule has 3 aromatic rings. The van der Waals surface area contributed by atoms with Crippen LogP contribution in [-0.4, -0.2) is 21.3 Å². The van der Waals surface area contributed by atoms with E-state index in [4.69, 9.17) is 5.73 Å². The van der Waals surface area contributed by atoms with Gasteiger partial charge in [-0.25, -0.2) is 4.98 Å². The van der Waals surface area contributed by atoms with Crippen molar-refractivity contribution in [1.82, 2.24) is 9.38 Å². The summed E-state index contributed by atoms with van der Waals surface area (Å²) < 4.78 is 2.00. The first-order chi connectivity index (χ1) is 10.8. The molecule has 0 radical (unpaired) electrons. The van der Waals surface area contributed by atoms with Crippen molar-refractivity contribution in [3.05, 3.63) is 42.0 Å². The highest BCUT2D eigenvalue weighted by Gasteiger charge is 2.27. The van der Waals surface area contributed by atoms with Crippen LogP contribution in [0.3, 0.4) is 0 Å². The zero-order valence-corrected chi connectivity index (χ0v) is 14.2. The lowest BCUT2D eigenvalue weighted by Gasteiger charge is -2.25. The fourth-order valence-electron chi connectivity index (χ4n) is 2.20. The zero-order chi connectivity index (χ0) is 16.6. The number of carbonyl (C=O) groups is 1. The highest BCUT2D eigenvalue weighted by atomic mass is 32.1. The molecular weight excluding hydrogens is 308 g/mol. The van der Waals surface area contributed by atoms with Gasteiger partial charge in [0.2, 0.25) is 5.91 Å². The summed E-state index contributed by atoms with van der Waals surface area (Å²) in [6.45, 7) is 5.85. The summed E-state index contributed by atoms with van der Waals surface area (Å²) in [5.41, 5.74) is 8.37. The van der Waals surface area contributed by atoms with Crippen LogP contribution < -0.4 is 11.1 Å². The van der Waals surface area contributed by atoms with Crippen LogP contribution in [0.5, 0.6) is 0 Å². The molecular formula is C17H20N4OS. The number of carbonyl (C=O) groups excluding carboxylic acids is 1. The van der Waals surface area contributed by atoms with Gasteiger partial charge < -0.3 is 11.1 Å². The molecule has 23 heavy (non-hydrogen) atoms. The standard InChI is InChI=1S/C17H20N4OS/c1-17(2,3)14(18)15(22)19-12-6-4-11(5-7-12)13-10-21-8-9-23-16(21)20-13/h4-10,14H,18H2,1-3H3,(H,19,22)/t14-/m1/s1. The predicted octanol–water partition coefficient (Wildman–Crippen LogP) is 3.37. The Kier molecular flexibility index (Phi) is 3.95. The van der Waals surface area contributed by atoms with Crippen molar-refractivity contribution in [2.24, 2.45) is 11.1 Å². The monoisotopic (exact) mass is 328 g/mol. The van der Waals surface area contributed by atoms with Crippen molar-refractivity contribution in [2.75, 3.05) is 5.32 Å². The van der Waals surface area contributed by atoms with Crippen LogP contribution in [-0.2, 0) is 4.79 Å². The van der Waals surface area contributed by atoms with Gasteiger partial charge in [0, 0.05) is 29.0 Å². The molecule has 5 nitrogen and oxygen atoms in total. The second-order valence-corrected chi connectivity index (χ2v) is 7.50. The molecule has 3 N–H and O–H groups in total. The third kappa shape index (κ3) is 3.28. The Bertz CT molecular complexity index is 798. The van der Waals surface area contributed by atoms with E-state index in [-0.39, 0.29) is 11.3 Å². The van der Waals surface area contributed by atoms with Gasteiger partial charge in [-0.3, -0.25) is 9.20 Å². The first kappa shape index (κ1) is 15.7. The summed E-state index contributed by atoms with van der Waals surface area (Å²) >= 11 is 1.60. The molecule has 0 fully saturated rings. The predicted molar refractivity (Wildman–Crippen MR) is 94.6 cm³/mol. The SMILES string of the molecule is CC(C)(C)[C@H](N)C(=O)Nc1ccc(-c2cn3ccsc3n2)cc1. The molecule has 0 saturated heterocycles. The molecule has 2 heterocycles. The summed E-state index contributed by atoms with van der Waals surface area (Å²) in [5, 5.41) is 4.86. The number of hydrogen-bond donors (Lipinski definition) is 2. The maximum Gasteiger partial charge on any atom is 0.241 e. The highest BCUT2D eigenvalue weighted by Crippen LogP contribution is 2.24. The maximum atomic E-state index is 12.1. The van der Waals surface area contributed by atoms with Gasteiger partial charge in [0.25, 0.3) is 0 Å². The summed E-state index contributed by atoms with van der Waals surface area (Å²) in [5.74, 6) is -0.173. The van der Waals surface area contributed by atoms with Crippen LogP contribution in [0, 0.1) is 5.41 Å². The molecule has 2 aromatic heterocycles. The van der Waals surface area contributed by atoms with Crippen molar-refractivity contribution in [3.63, 3.8) is 0 Å². The van der Waals surface area contributed by atoms with E-state index in [9.17, 15) is 4.79 Å². The van der Waals surface area contributed by atoms with Gasteiger partial charge in [0.15, 0.2) is 4.96 Å². The van der Waals surface area contributed by atoms with Gasteiger partial charge in [-0.2, -0.15) is 0 Å². The summed E-state index contributed by atoms with van der Waals surface area (Å²) in [6, 6.07) is 7.09. The molecule has 0 bridgehead atoms. The number of rotatable bonds is 3. The maximum absolute atomic E-state index is 12.1. The lowest BCUT2D eigenvalue weighted by Crippen LogP contribution is -2.45. The Morgan fingerprint density at radius 3 is 2.61 bits per heavy atom. The van der Waals surface area contributed by atoms with Crippen LogP contribution in [0.15, 0.2) is 42.0 Å². The molecule has 0 spiro atoms. The Labute approximate surface area is 139 Å². The van der Waals surface area contributed by atoms with Crippen LogP contribution >= 0.6 is 11.3 Å². The zero-order valence-electron chi connectivity index (χ0n) is 13.4. The minimum absolute atomic E-state index is 0.173. The average molecular weight is 328 g/mol. The van der Waals surface area contributed by atoms with E-state index in [2.05, 4.69) is 10.3 Å². The summed E-state index contributed by atoms with van der Waals surface area (Å²) in [7, 11) is 0. The fourth-order valence-corrected chi connectivity index (χ4v) is 2.90. The number of nitrogens with one attached hydrogen (secondary N) is 1. The molecule has 1 aromatic carbocycles. The molecule has 0 aliphatic heterocycles. The largest absolute Gasteiger partial charge is 0.325 e. The van der Waals surface area contributed by atoms with Crippen LogP contribution in [0.1, 0.15) is 20.8 Å². The Morgan fingerprint density at radius 1 is 1.30 bits per heavy atom. The number of anilines is 1. The second-order valence-electron chi connectivity index (χ2n) is 6.63. The van der Waals surface area contributed by atoms with Crippen molar-refractivity contribution >= 4 is 27.9 Å². The topological polar surface area (TPSA) is 72.4 Å². The number of nitrogens with two attached hydrogens (primary N) is 1. The first-order valence-electron chi connectivity index (χ1n) is 7.44. The van der Waals surface area contributed by atoms with E-state index >= 15 is 0 Å². The van der Waals surface area contributed by atoms with Gasteiger partial charge in [-0.05, 0) is 17.5 Å². The fraction of sp³-hybridized carbons (Fsp3) is 0.294. The molecule has 0 saturated carbocycles. The van der Waals surface area contributed by atoms with Crippen molar-refractivity contribution in [2.45, 2.75) is 26.8 Å². The number of hydrogen-bond acceptors (Lipinski definition) is 4. The molecule has 0 aliphatic carbocycles. The number of fused-ring (bicyclic) bond motifs is 1. The molecule has 1 atom stereocenters. The lowest BCUT2D eigenvalue weighted by molar-refractivity contribution is -0.119. The van der Waals surface area contributed by atoms with Crippen molar-refractivity contribution in [1.29, 1.82) is 0 Å². The van der Waals surface area contributed by atoms with Gasteiger partial charge in [0.1, 0.15) is 0 Å². The average Bonchev–Trinajstić information content (AvgIpc) is 3.07. The van der Waals surface area contributed by atoms with Crippen molar-refractivity contribution in [3.8, 4) is 11.3 Å². The smallest absolute Gasteiger partial charge is 0.241 e. The third-order valence-electron chi connectivity index (χ3n) is 3.76. The number of imidazole rings is 1. The molecule has 3 rings (SSSR count). The molecule has 1 amide bonds. The van der Waals surface area contributed by atoms with Gasteiger partial charge in [-0.1, -0.05) is 32.9 Å². The Balaban J connectivity index is 1.74. The van der Waals surface area contributed by atoms with E-state index in [0.717, 1.165) is 21.9 Å². The number of aromatic nitrogens is 2. The van der Waals surface area contributed by atoms with E-state index in [1.54, 1.807) is 11.3 Å². The Morgan fingerprint density at radius 2 is 2.00 bits per heavy atom. The van der Waals surface area contributed by atoms with Gasteiger partial charge >= 0.3 is 0 Å². The lowest BCUT2D eigenvalue weighted by atomic mass is 9.87. The third-order valence-corrected chi connectivity index (χ3v) is 4.53. The summed E-state index contributed by atoms with van der Waals surface area (Å²) in [6.07, 6.45) is 3.98. The van der Waals surface area contributed by atoms with Crippen LogP contribution in [0.4, 0.5) is 5.69 Å². The minimum atomic E-state index is -0.554. The van der Waals surface area contributed by atoms with E-state index in [0.29, 0.717) is 0 Å². The van der Waals surface area contributed by atoms with Crippen molar-refractivity contribution < 1.29 is 4.79 Å². The quantitative estimate of drug-likeness (QED) is 0.774. The number of amides is 1. The normalized spacial score (nSPS) is 13.2. The van der Waals surface area contributed by atoms with E-state index < -0.39 is 6.04 Å². The highest BCUT2D eigenvalue weighted by molar-refractivity contribution is 7.15. The van der Waals surface area contributed by atoms with Gasteiger partial charge in [0.05, 0.1) is 11.7 Å². The first-order valence-corrected chi connectivity index (χ1v) is 8.31. The van der Waals surface area contributed by atoms with Crippen LogP contribution in [0.25, 0.3) is 16.2 Å². The van der Waals surface area contributed by atoms with Crippen LogP contribution in [0.2, 0.25) is 0 Å². The number of benzene rings is 1. The van der Waals surface area contributed by atoms with E-state index in [1.165, 1.54) is 0 Å². The van der Waals surface area contributed by atoms with Gasteiger partial charge in [-0.15, -0.1) is 11.3 Å². The molecule has 0 aliphatic rings. The summed E-state index contributed by atoms with van der Waals surface area (Å²) in [4.78, 5) is 17.7. The Hall–Kier alpha value is -2.18. The number of nitrogens with zero attached hydrogens (tertiary/aromatic N) is 2. The molecule has 6 heteroatoms. The minimum Gasteiger partial charge on any atom is -0.325 e. The second kappa shape index (κ2) is 5.79. The molecule has 0 unspecified atom stereocenters.